The molecule has 0 fully saturated rings. The minimum atomic E-state index is -1.07. The Bertz CT molecular complexity index is 1200. The second-order valence-corrected chi connectivity index (χ2v) is 7.43. The van der Waals surface area contributed by atoms with Crippen LogP contribution in [0.2, 0.25) is 5.02 Å². The van der Waals surface area contributed by atoms with E-state index < -0.39 is 5.97 Å². The summed E-state index contributed by atoms with van der Waals surface area (Å²) < 4.78 is 5.61. The molecule has 6 nitrogen and oxygen atoms in total. The van der Waals surface area contributed by atoms with Gasteiger partial charge in [-0.3, -0.25) is 0 Å². The first kappa shape index (κ1) is 18.3. The molecule has 0 unspecified atom stereocenters. The quantitative estimate of drug-likeness (QED) is 0.337. The zero-order chi connectivity index (χ0) is 19.7. The third-order valence-corrected chi connectivity index (χ3v) is 5.23. The van der Waals surface area contributed by atoms with Crippen molar-refractivity contribution in [1.82, 2.24) is 15.2 Å². The van der Waals surface area contributed by atoms with Crippen LogP contribution in [0.1, 0.15) is 11.3 Å². The van der Waals surface area contributed by atoms with Crippen molar-refractivity contribution in [2.75, 3.05) is 0 Å². The second-order valence-electron chi connectivity index (χ2n) is 6.01. The van der Waals surface area contributed by atoms with Crippen molar-refractivity contribution in [3.8, 4) is 11.5 Å². The molecule has 0 atom stereocenters. The Morgan fingerprint density at radius 1 is 1.18 bits per heavy atom. The molecule has 4 rings (SSSR count). The third kappa shape index (κ3) is 3.67. The maximum absolute atomic E-state index is 11.8. The molecular weight excluding hydrogens is 398 g/mol. The fourth-order valence-electron chi connectivity index (χ4n) is 2.80. The normalized spacial score (nSPS) is 11.9. The van der Waals surface area contributed by atoms with Gasteiger partial charge >= 0.3 is 5.97 Å². The predicted octanol–water partition coefficient (Wildman–Crippen LogP) is 5.40. The van der Waals surface area contributed by atoms with Crippen LogP contribution in [0, 0.1) is 6.92 Å². The molecule has 0 radical (unpaired) electrons. The summed E-state index contributed by atoms with van der Waals surface area (Å²) in [6, 6.07) is 14.7. The largest absolute Gasteiger partial charge is 0.477 e. The van der Waals surface area contributed by atoms with E-state index in [9.17, 15) is 9.90 Å². The van der Waals surface area contributed by atoms with Crippen molar-refractivity contribution >= 4 is 46.3 Å². The number of nitrogens with zero attached hydrogens (tertiary/aromatic N) is 2. The van der Waals surface area contributed by atoms with E-state index in [-0.39, 0.29) is 10.1 Å². The monoisotopic (exact) mass is 411 g/mol. The molecule has 0 saturated carbocycles. The van der Waals surface area contributed by atoms with Gasteiger partial charge in [0.25, 0.3) is 5.22 Å². The van der Waals surface area contributed by atoms with Crippen molar-refractivity contribution < 1.29 is 14.3 Å². The van der Waals surface area contributed by atoms with E-state index >= 15 is 0 Å². The number of halogens is 1. The third-order valence-electron chi connectivity index (χ3n) is 4.12. The average molecular weight is 412 g/mol. The first-order valence-electron chi connectivity index (χ1n) is 8.31. The number of aromatic nitrogens is 3. The number of carboxylic acids is 1. The van der Waals surface area contributed by atoms with Crippen LogP contribution in [0.3, 0.4) is 0 Å². The van der Waals surface area contributed by atoms with E-state index in [2.05, 4.69) is 15.2 Å². The molecule has 0 bridgehead atoms. The Balaban J connectivity index is 1.66. The molecule has 0 spiro atoms. The van der Waals surface area contributed by atoms with E-state index in [1.54, 1.807) is 30.3 Å². The molecule has 0 amide bonds. The number of benzene rings is 2. The number of rotatable bonds is 5. The van der Waals surface area contributed by atoms with Crippen molar-refractivity contribution in [3.05, 3.63) is 69.7 Å². The van der Waals surface area contributed by atoms with Crippen LogP contribution in [0.15, 0.2) is 63.1 Å². The van der Waals surface area contributed by atoms with Gasteiger partial charge < -0.3 is 14.5 Å². The summed E-state index contributed by atoms with van der Waals surface area (Å²) in [5, 5.41) is 19.3. The van der Waals surface area contributed by atoms with Gasteiger partial charge in [0.2, 0.25) is 5.89 Å². The number of carbonyl (C=O) groups is 1. The predicted molar refractivity (Wildman–Crippen MR) is 109 cm³/mol. The Labute approximate surface area is 169 Å². The lowest BCUT2D eigenvalue weighted by Gasteiger charge is -2.00. The number of carboxylic acid groups (broad SMARTS) is 1. The highest BCUT2D eigenvalue weighted by atomic mass is 35.5. The number of para-hydroxylation sites is 1. The number of nitrogens with one attached hydrogen (secondary N) is 1. The van der Waals surface area contributed by atoms with Gasteiger partial charge in [-0.05, 0) is 55.1 Å². The summed E-state index contributed by atoms with van der Waals surface area (Å²) in [7, 11) is 0. The molecule has 8 heteroatoms. The highest BCUT2D eigenvalue weighted by Gasteiger charge is 2.17. The summed E-state index contributed by atoms with van der Waals surface area (Å²) in [6.07, 6.45) is 1.62. The summed E-state index contributed by atoms with van der Waals surface area (Å²) in [5.74, 6) is -0.770. The van der Waals surface area contributed by atoms with E-state index in [1.807, 2.05) is 31.2 Å². The number of thioether (sulfide) groups is 1. The zero-order valence-corrected chi connectivity index (χ0v) is 16.2. The number of hydrogen-bond donors (Lipinski definition) is 2. The lowest BCUT2D eigenvalue weighted by molar-refractivity contribution is -0.131. The van der Waals surface area contributed by atoms with E-state index in [0.717, 1.165) is 33.9 Å². The maximum Gasteiger partial charge on any atom is 0.342 e. The minimum absolute atomic E-state index is 0.0826. The number of hydrogen-bond acceptors (Lipinski definition) is 5. The number of H-pyrrole nitrogens is 1. The summed E-state index contributed by atoms with van der Waals surface area (Å²) in [4.78, 5) is 15.1. The van der Waals surface area contributed by atoms with E-state index in [4.69, 9.17) is 16.0 Å². The Morgan fingerprint density at radius 3 is 2.68 bits per heavy atom. The molecule has 2 aromatic heterocycles. The van der Waals surface area contributed by atoms with Gasteiger partial charge in [-0.15, -0.1) is 10.2 Å². The van der Waals surface area contributed by atoms with Gasteiger partial charge in [0.15, 0.2) is 0 Å². The van der Waals surface area contributed by atoms with Gasteiger partial charge in [0.1, 0.15) is 4.91 Å². The molecule has 0 saturated heterocycles. The first-order valence-corrected chi connectivity index (χ1v) is 9.50. The molecular formula is C20H14ClN3O3S. The zero-order valence-electron chi connectivity index (χ0n) is 14.6. The number of fused-ring (bicyclic) bond motifs is 1. The van der Waals surface area contributed by atoms with Gasteiger partial charge in [-0.2, -0.15) is 0 Å². The van der Waals surface area contributed by atoms with Gasteiger partial charge in [0.05, 0.1) is 0 Å². The highest BCUT2D eigenvalue weighted by molar-refractivity contribution is 8.03. The van der Waals surface area contributed by atoms with Gasteiger partial charge in [0, 0.05) is 32.7 Å². The number of aromatic amines is 1. The average Bonchev–Trinajstić information content (AvgIpc) is 3.26. The molecule has 0 aliphatic heterocycles. The lowest BCUT2D eigenvalue weighted by Crippen LogP contribution is -1.97. The standard InChI is InChI=1S/C20H14ClN3O3S/c1-11-15(14-4-2-3-5-16(14)22-11)10-17(19(25)26)28-20-24-23-18(27-20)12-6-8-13(21)9-7-12/h2-10,22H,1H3,(H,25,26)/b17-10-. The molecule has 28 heavy (non-hydrogen) atoms. The first-order chi connectivity index (χ1) is 13.5. The fourth-order valence-corrected chi connectivity index (χ4v) is 3.58. The Morgan fingerprint density at radius 2 is 1.93 bits per heavy atom. The van der Waals surface area contributed by atoms with Crippen LogP contribution in [0.5, 0.6) is 0 Å². The Kier molecular flexibility index (Phi) is 4.93. The van der Waals surface area contributed by atoms with E-state index in [0.29, 0.717) is 16.5 Å². The van der Waals surface area contributed by atoms with Gasteiger partial charge in [-0.1, -0.05) is 29.8 Å². The fraction of sp³-hybridized carbons (Fsp3) is 0.0500. The van der Waals surface area contributed by atoms with Crippen LogP contribution >= 0.6 is 23.4 Å². The second kappa shape index (κ2) is 7.53. The molecule has 4 aromatic rings. The van der Waals surface area contributed by atoms with Gasteiger partial charge in [-0.25, -0.2) is 4.79 Å². The maximum atomic E-state index is 11.8. The number of aryl methyl sites for hydroxylation is 1. The molecule has 2 aromatic carbocycles. The lowest BCUT2D eigenvalue weighted by atomic mass is 10.1. The van der Waals surface area contributed by atoms with E-state index in [1.165, 1.54) is 0 Å². The minimum Gasteiger partial charge on any atom is -0.477 e. The molecule has 2 heterocycles. The van der Waals surface area contributed by atoms with Crippen molar-refractivity contribution in [2.24, 2.45) is 0 Å². The molecule has 2 N–H and O–H groups in total. The molecule has 0 aliphatic carbocycles. The van der Waals surface area contributed by atoms with Crippen LogP contribution in [-0.4, -0.2) is 26.3 Å². The summed E-state index contributed by atoms with van der Waals surface area (Å²) in [6.45, 7) is 1.90. The number of aliphatic carboxylic acids is 1. The summed E-state index contributed by atoms with van der Waals surface area (Å²) >= 11 is 6.80. The van der Waals surface area contributed by atoms with Crippen LogP contribution < -0.4 is 0 Å². The van der Waals surface area contributed by atoms with Crippen LogP contribution in [0.4, 0.5) is 0 Å². The molecule has 0 aliphatic rings. The topological polar surface area (TPSA) is 92.0 Å². The van der Waals surface area contributed by atoms with Crippen molar-refractivity contribution in [2.45, 2.75) is 12.1 Å². The van der Waals surface area contributed by atoms with Crippen molar-refractivity contribution in [1.29, 1.82) is 0 Å². The van der Waals surface area contributed by atoms with Crippen LogP contribution in [0.25, 0.3) is 28.4 Å². The van der Waals surface area contributed by atoms with Crippen LogP contribution in [-0.2, 0) is 4.79 Å². The highest BCUT2D eigenvalue weighted by Crippen LogP contribution is 2.32. The van der Waals surface area contributed by atoms with Crippen molar-refractivity contribution in [3.63, 3.8) is 0 Å². The Hall–Kier alpha value is -3.03. The smallest absolute Gasteiger partial charge is 0.342 e. The molecule has 140 valence electrons. The SMILES string of the molecule is Cc1[nH]c2ccccc2c1/C=C(\Sc1nnc(-c2ccc(Cl)cc2)o1)C(=O)O. The summed E-state index contributed by atoms with van der Waals surface area (Å²) in [5.41, 5.74) is 3.35.